The van der Waals surface area contributed by atoms with E-state index in [-0.39, 0.29) is 31.1 Å². The first-order valence-electron chi connectivity index (χ1n) is 36.5. The van der Waals surface area contributed by atoms with E-state index in [0.717, 1.165) is 57.8 Å². The Balaban J connectivity index is 4.01. The number of carbonyl (C=O) groups is 3. The third-order valence-electron chi connectivity index (χ3n) is 17.1. The smallest absolute Gasteiger partial charge is 0.306 e. The highest BCUT2D eigenvalue weighted by Gasteiger charge is 2.20. The van der Waals surface area contributed by atoms with Crippen LogP contribution in [0.25, 0.3) is 0 Å². The third-order valence-corrected chi connectivity index (χ3v) is 17.1. The molecule has 0 heterocycles. The van der Waals surface area contributed by atoms with Crippen LogP contribution in [0, 0.1) is 0 Å². The molecular weight excluding hydrogens is 973 g/mol. The number of rotatable bonds is 69. The van der Waals surface area contributed by atoms with Gasteiger partial charge in [0.25, 0.3) is 0 Å². The van der Waals surface area contributed by atoms with Crippen LogP contribution >= 0.6 is 0 Å². The minimum absolute atomic E-state index is 0.0609. The lowest BCUT2D eigenvalue weighted by atomic mass is 10.0. The van der Waals surface area contributed by atoms with Gasteiger partial charge in [0.15, 0.2) is 6.10 Å². The molecule has 0 aromatic heterocycles. The number of hydrogen-bond donors (Lipinski definition) is 0. The molecule has 0 aliphatic rings. The Hall–Kier alpha value is -1.59. The average molecular weight is 1120 g/mol. The lowest BCUT2D eigenvalue weighted by molar-refractivity contribution is -0.167. The van der Waals surface area contributed by atoms with Crippen LogP contribution in [0.15, 0.2) is 0 Å². The zero-order valence-corrected chi connectivity index (χ0v) is 54.2. The SMILES string of the molecule is CCCCCCCCCCCCCCCCCCCCCCCCCCCCCC(=O)OCC(COC(=O)CCCCCCCCCC)OC(=O)CCCCCCCCCCCCCCCCCCCCCCCCCCCC. The van der Waals surface area contributed by atoms with Crippen molar-refractivity contribution in [2.45, 2.75) is 438 Å². The van der Waals surface area contributed by atoms with Gasteiger partial charge in [-0.3, -0.25) is 14.4 Å². The normalized spacial score (nSPS) is 11.9. The largest absolute Gasteiger partial charge is 0.462 e. The maximum Gasteiger partial charge on any atom is 0.306 e. The van der Waals surface area contributed by atoms with E-state index in [1.165, 1.54) is 334 Å². The molecule has 0 aromatic carbocycles. The molecule has 470 valence electrons. The lowest BCUT2D eigenvalue weighted by Crippen LogP contribution is -2.30. The summed E-state index contributed by atoms with van der Waals surface area (Å²) in [6.45, 7) is 6.71. The molecule has 0 aliphatic heterocycles. The van der Waals surface area contributed by atoms with Crippen LogP contribution in [-0.4, -0.2) is 37.2 Å². The van der Waals surface area contributed by atoms with Crippen LogP contribution in [0.4, 0.5) is 0 Å². The molecule has 1 unspecified atom stereocenters. The van der Waals surface area contributed by atoms with Crippen molar-refractivity contribution in [3.05, 3.63) is 0 Å². The summed E-state index contributed by atoms with van der Waals surface area (Å²) in [5, 5.41) is 0. The summed E-state index contributed by atoms with van der Waals surface area (Å²) < 4.78 is 16.9. The van der Waals surface area contributed by atoms with E-state index in [0.29, 0.717) is 19.3 Å². The Bertz CT molecular complexity index is 1190. The van der Waals surface area contributed by atoms with Crippen molar-refractivity contribution in [2.75, 3.05) is 13.2 Å². The molecule has 79 heavy (non-hydrogen) atoms. The second-order valence-corrected chi connectivity index (χ2v) is 25.2. The minimum atomic E-state index is -0.762. The fourth-order valence-corrected chi connectivity index (χ4v) is 11.6. The quantitative estimate of drug-likeness (QED) is 0.0343. The molecule has 0 spiro atoms. The summed E-state index contributed by atoms with van der Waals surface area (Å²) in [5.74, 6) is -0.828. The van der Waals surface area contributed by atoms with E-state index in [1.807, 2.05) is 0 Å². The number of hydrogen-bond acceptors (Lipinski definition) is 6. The molecule has 0 fully saturated rings. The summed E-state index contributed by atoms with van der Waals surface area (Å²) >= 11 is 0. The predicted octanol–water partition coefficient (Wildman–Crippen LogP) is 25.0. The van der Waals surface area contributed by atoms with Gasteiger partial charge in [0.2, 0.25) is 0 Å². The van der Waals surface area contributed by atoms with Gasteiger partial charge < -0.3 is 14.2 Å². The van der Waals surface area contributed by atoms with Gasteiger partial charge in [0, 0.05) is 19.3 Å². The molecule has 0 saturated heterocycles. The number of esters is 3. The average Bonchev–Trinajstić information content (AvgIpc) is 3.45. The van der Waals surface area contributed by atoms with Crippen LogP contribution in [-0.2, 0) is 28.6 Å². The molecule has 0 aliphatic carbocycles. The third kappa shape index (κ3) is 67.1. The second-order valence-electron chi connectivity index (χ2n) is 25.2. The monoisotopic (exact) mass is 1120 g/mol. The summed E-state index contributed by atoms with van der Waals surface area (Å²) in [6, 6.07) is 0. The molecule has 0 amide bonds. The Labute approximate surface area is 495 Å². The van der Waals surface area contributed by atoms with Crippen molar-refractivity contribution in [3.8, 4) is 0 Å². The van der Waals surface area contributed by atoms with Crippen LogP contribution in [0.1, 0.15) is 432 Å². The first-order valence-corrected chi connectivity index (χ1v) is 36.5. The van der Waals surface area contributed by atoms with E-state index in [9.17, 15) is 14.4 Å². The predicted molar refractivity (Wildman–Crippen MR) is 344 cm³/mol. The first kappa shape index (κ1) is 77.4. The van der Waals surface area contributed by atoms with Crippen LogP contribution in [0.5, 0.6) is 0 Å². The van der Waals surface area contributed by atoms with Gasteiger partial charge in [0.05, 0.1) is 0 Å². The van der Waals surface area contributed by atoms with Gasteiger partial charge in [-0.1, -0.05) is 393 Å². The molecule has 0 bridgehead atoms. The highest BCUT2D eigenvalue weighted by molar-refractivity contribution is 5.71. The molecule has 0 radical (unpaired) electrons. The van der Waals surface area contributed by atoms with Gasteiger partial charge in [-0.05, 0) is 19.3 Å². The summed E-state index contributed by atoms with van der Waals surface area (Å²) in [6.07, 6.45) is 81.8. The number of ether oxygens (including phenoxy) is 3. The number of unbranched alkanes of at least 4 members (excludes halogenated alkanes) is 58. The van der Waals surface area contributed by atoms with Crippen molar-refractivity contribution in [3.63, 3.8) is 0 Å². The van der Waals surface area contributed by atoms with E-state index in [2.05, 4.69) is 20.8 Å². The van der Waals surface area contributed by atoms with E-state index >= 15 is 0 Å². The van der Waals surface area contributed by atoms with E-state index in [4.69, 9.17) is 14.2 Å². The fraction of sp³-hybridized carbons (Fsp3) is 0.959. The zero-order valence-electron chi connectivity index (χ0n) is 54.2. The zero-order chi connectivity index (χ0) is 57.1. The Morgan fingerprint density at radius 3 is 0.506 bits per heavy atom. The molecule has 6 heteroatoms. The summed E-state index contributed by atoms with van der Waals surface area (Å²) in [5.41, 5.74) is 0. The molecule has 0 aromatic rings. The van der Waals surface area contributed by atoms with Gasteiger partial charge in [-0.15, -0.1) is 0 Å². The van der Waals surface area contributed by atoms with Gasteiger partial charge in [-0.25, -0.2) is 0 Å². The standard InChI is InChI=1S/C73H142O6/c1-4-7-10-13-16-19-21-23-25-27-29-31-33-35-37-39-40-42-44-46-48-50-52-54-57-60-63-66-72(75)78-69-70(68-77-71(74)65-62-59-56-18-15-12-9-6-3)79-73(76)67-64-61-58-55-53-51-49-47-45-43-41-38-36-34-32-30-28-26-24-22-20-17-14-11-8-5-2/h70H,4-69H2,1-3H3. The molecule has 6 nitrogen and oxygen atoms in total. The fourth-order valence-electron chi connectivity index (χ4n) is 11.6. The van der Waals surface area contributed by atoms with Crippen molar-refractivity contribution >= 4 is 17.9 Å². The van der Waals surface area contributed by atoms with Crippen LogP contribution in [0.3, 0.4) is 0 Å². The van der Waals surface area contributed by atoms with Crippen LogP contribution in [0.2, 0.25) is 0 Å². The first-order chi connectivity index (χ1) is 39.0. The van der Waals surface area contributed by atoms with Gasteiger partial charge in [0.1, 0.15) is 13.2 Å². The summed E-state index contributed by atoms with van der Waals surface area (Å²) in [7, 11) is 0. The van der Waals surface area contributed by atoms with Gasteiger partial charge in [-0.2, -0.15) is 0 Å². The maximum atomic E-state index is 12.9. The van der Waals surface area contributed by atoms with E-state index in [1.54, 1.807) is 0 Å². The molecule has 0 saturated carbocycles. The van der Waals surface area contributed by atoms with Crippen LogP contribution < -0.4 is 0 Å². The maximum absolute atomic E-state index is 12.9. The summed E-state index contributed by atoms with van der Waals surface area (Å²) in [4.78, 5) is 38.3. The van der Waals surface area contributed by atoms with Gasteiger partial charge >= 0.3 is 17.9 Å². The molecular formula is C73H142O6. The molecule has 0 rings (SSSR count). The highest BCUT2D eigenvalue weighted by Crippen LogP contribution is 2.20. The highest BCUT2D eigenvalue weighted by atomic mass is 16.6. The van der Waals surface area contributed by atoms with Crippen molar-refractivity contribution < 1.29 is 28.6 Å². The lowest BCUT2D eigenvalue weighted by Gasteiger charge is -2.18. The van der Waals surface area contributed by atoms with E-state index < -0.39 is 6.10 Å². The molecule has 1 atom stereocenters. The van der Waals surface area contributed by atoms with Crippen molar-refractivity contribution in [1.29, 1.82) is 0 Å². The Kier molecular flexibility index (Phi) is 67.5. The molecule has 0 N–H and O–H groups in total. The Morgan fingerprint density at radius 1 is 0.203 bits per heavy atom. The minimum Gasteiger partial charge on any atom is -0.462 e. The second kappa shape index (κ2) is 68.9. The van der Waals surface area contributed by atoms with Crippen molar-refractivity contribution in [2.24, 2.45) is 0 Å². The Morgan fingerprint density at radius 2 is 0.342 bits per heavy atom. The number of carbonyl (C=O) groups excluding carboxylic acids is 3. The topological polar surface area (TPSA) is 78.9 Å². The van der Waals surface area contributed by atoms with Crippen molar-refractivity contribution in [1.82, 2.24) is 0 Å².